The Morgan fingerprint density at radius 1 is 1.43 bits per heavy atom. The summed E-state index contributed by atoms with van der Waals surface area (Å²) in [6, 6.07) is 6.03. The molecule has 0 aliphatic carbocycles. The Labute approximate surface area is 123 Å². The fourth-order valence-electron chi connectivity index (χ4n) is 2.52. The molecule has 1 aromatic carbocycles. The maximum atomic E-state index is 11.9. The van der Waals surface area contributed by atoms with E-state index in [1.165, 1.54) is 0 Å². The number of aromatic nitrogens is 2. The highest BCUT2D eigenvalue weighted by molar-refractivity contribution is 5.96. The topological polar surface area (TPSA) is 70.2 Å². The smallest absolute Gasteiger partial charge is 0.229 e. The van der Waals surface area contributed by atoms with Crippen LogP contribution in [0.4, 0.5) is 11.4 Å². The summed E-state index contributed by atoms with van der Waals surface area (Å²) in [6.45, 7) is 0.942. The number of hydrogen-bond acceptors (Lipinski definition) is 4. The molecule has 0 saturated heterocycles. The van der Waals surface area contributed by atoms with E-state index in [0.717, 1.165) is 29.2 Å². The number of carbonyl (C=O) groups excluding carboxylic acids is 1. The van der Waals surface area contributed by atoms with Crippen LogP contribution < -0.4 is 10.2 Å². The fraction of sp³-hybridized carbons (Fsp3) is 0.333. The standard InChI is InChI=1S/C15H18N4O2/c1-21-10-19-13-4-3-12(8-11(13)2-5-15(19)20)18-9-14-16-6-7-17-14/h3-4,6-8,18H,2,5,9-10H2,1H3,(H,16,17). The molecule has 2 heterocycles. The number of amides is 1. The predicted octanol–water partition coefficient (Wildman–Crippen LogP) is 1.90. The summed E-state index contributed by atoms with van der Waals surface area (Å²) in [7, 11) is 1.60. The number of methoxy groups -OCH3 is 1. The van der Waals surface area contributed by atoms with Gasteiger partial charge in [0.2, 0.25) is 5.91 Å². The molecule has 0 atom stereocenters. The predicted molar refractivity (Wildman–Crippen MR) is 80.0 cm³/mol. The lowest BCUT2D eigenvalue weighted by atomic mass is 10.0. The molecule has 0 unspecified atom stereocenters. The summed E-state index contributed by atoms with van der Waals surface area (Å²) in [6.07, 6.45) is 4.83. The number of H-pyrrole nitrogens is 1. The molecule has 0 bridgehead atoms. The second-order valence-electron chi connectivity index (χ2n) is 4.97. The van der Waals surface area contributed by atoms with Gasteiger partial charge in [-0.05, 0) is 30.2 Å². The first kappa shape index (κ1) is 13.6. The van der Waals surface area contributed by atoms with E-state index in [1.54, 1.807) is 24.4 Å². The maximum Gasteiger partial charge on any atom is 0.229 e. The second kappa shape index (κ2) is 5.97. The Hall–Kier alpha value is -2.34. The maximum absolute atomic E-state index is 11.9. The molecule has 2 aromatic rings. The molecular weight excluding hydrogens is 268 g/mol. The third-order valence-corrected chi connectivity index (χ3v) is 3.55. The molecule has 1 amide bonds. The third kappa shape index (κ3) is 2.90. The average Bonchev–Trinajstić information content (AvgIpc) is 3.01. The van der Waals surface area contributed by atoms with E-state index in [1.807, 2.05) is 12.1 Å². The van der Waals surface area contributed by atoms with Gasteiger partial charge in [0.05, 0.1) is 6.54 Å². The van der Waals surface area contributed by atoms with Crippen molar-refractivity contribution in [1.82, 2.24) is 9.97 Å². The highest BCUT2D eigenvalue weighted by atomic mass is 16.5. The number of aryl methyl sites for hydroxylation is 1. The number of carbonyl (C=O) groups is 1. The van der Waals surface area contributed by atoms with Crippen molar-refractivity contribution >= 4 is 17.3 Å². The van der Waals surface area contributed by atoms with Crippen LogP contribution in [0, 0.1) is 0 Å². The molecule has 21 heavy (non-hydrogen) atoms. The molecule has 1 aliphatic heterocycles. The van der Waals surface area contributed by atoms with Crippen molar-refractivity contribution in [2.24, 2.45) is 0 Å². The Balaban J connectivity index is 1.76. The molecule has 1 aliphatic rings. The van der Waals surface area contributed by atoms with Crippen LogP contribution in [0.5, 0.6) is 0 Å². The number of aromatic amines is 1. The van der Waals surface area contributed by atoms with Gasteiger partial charge >= 0.3 is 0 Å². The number of benzene rings is 1. The van der Waals surface area contributed by atoms with Crippen molar-refractivity contribution in [2.75, 3.05) is 24.1 Å². The van der Waals surface area contributed by atoms with Gasteiger partial charge in [-0.25, -0.2) is 4.98 Å². The van der Waals surface area contributed by atoms with Crippen LogP contribution in [0.1, 0.15) is 17.8 Å². The Morgan fingerprint density at radius 2 is 2.33 bits per heavy atom. The van der Waals surface area contributed by atoms with Crippen molar-refractivity contribution in [1.29, 1.82) is 0 Å². The molecule has 1 aromatic heterocycles. The quantitative estimate of drug-likeness (QED) is 0.881. The zero-order chi connectivity index (χ0) is 14.7. The minimum Gasteiger partial charge on any atom is -0.378 e. The lowest BCUT2D eigenvalue weighted by molar-refractivity contribution is -0.119. The average molecular weight is 286 g/mol. The highest BCUT2D eigenvalue weighted by Crippen LogP contribution is 2.30. The number of nitrogens with one attached hydrogen (secondary N) is 2. The van der Waals surface area contributed by atoms with Crippen molar-refractivity contribution in [3.8, 4) is 0 Å². The van der Waals surface area contributed by atoms with Gasteiger partial charge in [-0.1, -0.05) is 0 Å². The molecule has 0 radical (unpaired) electrons. The summed E-state index contributed by atoms with van der Waals surface area (Å²) < 4.78 is 5.11. The van der Waals surface area contributed by atoms with E-state index in [0.29, 0.717) is 19.7 Å². The summed E-state index contributed by atoms with van der Waals surface area (Å²) >= 11 is 0. The molecule has 3 rings (SSSR count). The monoisotopic (exact) mass is 286 g/mol. The number of fused-ring (bicyclic) bond motifs is 1. The van der Waals surface area contributed by atoms with E-state index in [2.05, 4.69) is 21.4 Å². The van der Waals surface area contributed by atoms with Crippen molar-refractivity contribution < 1.29 is 9.53 Å². The summed E-state index contributed by atoms with van der Waals surface area (Å²) in [5.74, 6) is 1.00. The van der Waals surface area contributed by atoms with Crippen LogP contribution in [-0.2, 0) is 22.5 Å². The van der Waals surface area contributed by atoms with Gasteiger partial charge < -0.3 is 15.0 Å². The highest BCUT2D eigenvalue weighted by Gasteiger charge is 2.23. The largest absolute Gasteiger partial charge is 0.378 e. The molecule has 0 spiro atoms. The van der Waals surface area contributed by atoms with Gasteiger partial charge in [-0.15, -0.1) is 0 Å². The van der Waals surface area contributed by atoms with Gasteiger partial charge in [-0.2, -0.15) is 0 Å². The summed E-state index contributed by atoms with van der Waals surface area (Å²) in [5, 5.41) is 3.33. The minimum absolute atomic E-state index is 0.112. The van der Waals surface area contributed by atoms with E-state index in [-0.39, 0.29) is 5.91 Å². The van der Waals surface area contributed by atoms with Gasteiger partial charge in [0.15, 0.2) is 0 Å². The number of ether oxygens (including phenoxy) is 1. The Morgan fingerprint density at radius 3 is 3.10 bits per heavy atom. The molecule has 2 N–H and O–H groups in total. The lowest BCUT2D eigenvalue weighted by Gasteiger charge is -2.29. The lowest BCUT2D eigenvalue weighted by Crippen LogP contribution is -2.36. The Bertz CT molecular complexity index is 625. The number of hydrogen-bond donors (Lipinski definition) is 2. The number of anilines is 2. The first-order chi connectivity index (χ1) is 10.3. The number of imidazole rings is 1. The molecule has 110 valence electrons. The van der Waals surface area contributed by atoms with Crippen LogP contribution in [-0.4, -0.2) is 29.7 Å². The second-order valence-corrected chi connectivity index (χ2v) is 4.97. The third-order valence-electron chi connectivity index (χ3n) is 3.55. The SMILES string of the molecule is COCN1C(=O)CCc2cc(NCc3ncc[nH]3)ccc21. The van der Waals surface area contributed by atoms with E-state index in [4.69, 9.17) is 4.74 Å². The van der Waals surface area contributed by atoms with Crippen LogP contribution in [0.15, 0.2) is 30.6 Å². The van der Waals surface area contributed by atoms with Crippen LogP contribution in [0.25, 0.3) is 0 Å². The zero-order valence-electron chi connectivity index (χ0n) is 11.9. The van der Waals surface area contributed by atoms with Crippen LogP contribution in [0.3, 0.4) is 0 Å². The molecule has 6 nitrogen and oxygen atoms in total. The molecule has 0 fully saturated rings. The fourth-order valence-corrected chi connectivity index (χ4v) is 2.52. The van der Waals surface area contributed by atoms with Gasteiger partial charge in [0.1, 0.15) is 12.6 Å². The number of nitrogens with zero attached hydrogens (tertiary/aromatic N) is 2. The van der Waals surface area contributed by atoms with Crippen molar-refractivity contribution in [3.05, 3.63) is 42.0 Å². The van der Waals surface area contributed by atoms with E-state index >= 15 is 0 Å². The number of rotatable bonds is 5. The summed E-state index contributed by atoms with van der Waals surface area (Å²) in [5.41, 5.74) is 3.13. The molecular formula is C15H18N4O2. The van der Waals surface area contributed by atoms with Crippen LogP contribution >= 0.6 is 0 Å². The van der Waals surface area contributed by atoms with Crippen molar-refractivity contribution in [2.45, 2.75) is 19.4 Å². The normalized spacial score (nSPS) is 14.1. The van der Waals surface area contributed by atoms with Crippen LogP contribution in [0.2, 0.25) is 0 Å². The minimum atomic E-state index is 0.112. The first-order valence-corrected chi connectivity index (χ1v) is 6.92. The summed E-state index contributed by atoms with van der Waals surface area (Å²) in [4.78, 5) is 20.9. The van der Waals surface area contributed by atoms with Gasteiger partial charge in [0.25, 0.3) is 0 Å². The van der Waals surface area contributed by atoms with Gasteiger partial charge in [-0.3, -0.25) is 9.69 Å². The Kier molecular flexibility index (Phi) is 3.87. The molecule has 6 heteroatoms. The zero-order valence-corrected chi connectivity index (χ0v) is 11.9. The molecule has 0 saturated carbocycles. The first-order valence-electron chi connectivity index (χ1n) is 6.92. The van der Waals surface area contributed by atoms with E-state index < -0.39 is 0 Å². The van der Waals surface area contributed by atoms with E-state index in [9.17, 15) is 4.79 Å². The van der Waals surface area contributed by atoms with Crippen molar-refractivity contribution in [3.63, 3.8) is 0 Å². The van der Waals surface area contributed by atoms with Gasteiger partial charge in [0, 0.05) is 37.3 Å².